The first-order valence-corrected chi connectivity index (χ1v) is 9.60. The van der Waals surface area contributed by atoms with Gasteiger partial charge in [0.15, 0.2) is 0 Å². The van der Waals surface area contributed by atoms with Crippen molar-refractivity contribution in [1.29, 1.82) is 0 Å². The van der Waals surface area contributed by atoms with E-state index in [1.807, 2.05) is 18.7 Å². The van der Waals surface area contributed by atoms with Gasteiger partial charge in [0.2, 0.25) is 15.9 Å². The number of piperazine rings is 1. The Morgan fingerprint density at radius 2 is 2.14 bits per heavy atom. The van der Waals surface area contributed by atoms with Crippen LogP contribution in [0.25, 0.3) is 0 Å². The Hall–Kier alpha value is -0.700. The second-order valence-corrected chi connectivity index (χ2v) is 8.24. The van der Waals surface area contributed by atoms with Gasteiger partial charge in [0.05, 0.1) is 25.0 Å². The number of hydrogen-bond donors (Lipinski definition) is 1. The maximum atomic E-state index is 12.4. The first kappa shape index (κ1) is 17.7. The summed E-state index contributed by atoms with van der Waals surface area (Å²) in [5.74, 6) is 0.0755. The lowest BCUT2D eigenvalue weighted by Gasteiger charge is -2.40. The summed E-state index contributed by atoms with van der Waals surface area (Å²) in [7, 11) is -3.31. The Labute approximate surface area is 133 Å². The third kappa shape index (κ3) is 4.65. The van der Waals surface area contributed by atoms with Gasteiger partial charge in [0.25, 0.3) is 0 Å². The lowest BCUT2D eigenvalue weighted by molar-refractivity contribution is -0.135. The van der Waals surface area contributed by atoms with Crippen molar-refractivity contribution in [2.45, 2.75) is 38.8 Å². The normalized spacial score (nSPS) is 25.0. The molecule has 0 bridgehead atoms. The van der Waals surface area contributed by atoms with Gasteiger partial charge >= 0.3 is 0 Å². The van der Waals surface area contributed by atoms with E-state index < -0.39 is 10.0 Å². The van der Waals surface area contributed by atoms with Crippen LogP contribution in [0.2, 0.25) is 0 Å². The van der Waals surface area contributed by atoms with Crippen molar-refractivity contribution in [3.05, 3.63) is 0 Å². The number of carbonyl (C=O) groups excluding carboxylic acids is 1. The van der Waals surface area contributed by atoms with Gasteiger partial charge in [-0.1, -0.05) is 0 Å². The molecular weight excluding hydrogens is 306 g/mol. The smallest absolute Gasteiger partial charge is 0.236 e. The Morgan fingerprint density at radius 3 is 2.82 bits per heavy atom. The molecule has 0 spiro atoms. The molecule has 0 aromatic carbocycles. The second kappa shape index (κ2) is 7.72. The predicted octanol–water partition coefficient (Wildman–Crippen LogP) is -0.363. The van der Waals surface area contributed by atoms with E-state index in [1.165, 1.54) is 4.31 Å². The molecule has 7 nitrogen and oxygen atoms in total. The van der Waals surface area contributed by atoms with Crippen molar-refractivity contribution in [3.8, 4) is 0 Å². The molecule has 2 saturated heterocycles. The highest BCUT2D eigenvalue weighted by molar-refractivity contribution is 7.89. The SMILES string of the molecule is CC(C)OCCS(=O)(=O)N1CCCC(N2CCNCC2=O)C1. The number of rotatable bonds is 6. The standard InChI is InChI=1S/C14H27N3O4S/c1-12(2)21-8-9-22(19,20)16-6-3-4-13(11-16)17-7-5-15-10-14(17)18/h12-13,15H,3-11H2,1-2H3. The number of amides is 1. The van der Waals surface area contributed by atoms with Crippen LogP contribution in [-0.2, 0) is 19.6 Å². The number of ether oxygens (including phenoxy) is 1. The summed E-state index contributed by atoms with van der Waals surface area (Å²) in [5, 5.41) is 3.04. The largest absolute Gasteiger partial charge is 0.378 e. The van der Waals surface area contributed by atoms with Crippen LogP contribution in [0.3, 0.4) is 0 Å². The molecule has 2 fully saturated rings. The molecule has 2 aliphatic heterocycles. The first-order valence-electron chi connectivity index (χ1n) is 8.00. The molecule has 1 unspecified atom stereocenters. The van der Waals surface area contributed by atoms with Crippen molar-refractivity contribution in [3.63, 3.8) is 0 Å². The van der Waals surface area contributed by atoms with Crippen LogP contribution < -0.4 is 5.32 Å². The van der Waals surface area contributed by atoms with Crippen LogP contribution >= 0.6 is 0 Å². The van der Waals surface area contributed by atoms with E-state index >= 15 is 0 Å². The third-order valence-electron chi connectivity index (χ3n) is 4.11. The van der Waals surface area contributed by atoms with Crippen LogP contribution in [0.15, 0.2) is 0 Å². The van der Waals surface area contributed by atoms with Gasteiger partial charge in [0, 0.05) is 32.2 Å². The minimum absolute atomic E-state index is 0.00384. The van der Waals surface area contributed by atoms with Crippen LogP contribution in [-0.4, -0.2) is 80.8 Å². The number of hydrogen-bond acceptors (Lipinski definition) is 5. The van der Waals surface area contributed by atoms with Gasteiger partial charge in [-0.3, -0.25) is 4.79 Å². The van der Waals surface area contributed by atoms with Gasteiger partial charge in [0.1, 0.15) is 0 Å². The summed E-state index contributed by atoms with van der Waals surface area (Å²) >= 11 is 0. The lowest BCUT2D eigenvalue weighted by Crippen LogP contribution is -2.57. The van der Waals surface area contributed by atoms with E-state index in [0.717, 1.165) is 19.4 Å². The maximum absolute atomic E-state index is 12.4. The molecule has 1 N–H and O–H groups in total. The number of nitrogens with one attached hydrogen (secondary N) is 1. The molecule has 8 heteroatoms. The zero-order valence-corrected chi connectivity index (χ0v) is 14.3. The van der Waals surface area contributed by atoms with E-state index in [-0.39, 0.29) is 30.4 Å². The second-order valence-electron chi connectivity index (χ2n) is 6.15. The molecule has 2 aliphatic rings. The molecular formula is C14H27N3O4S. The monoisotopic (exact) mass is 333 g/mol. The van der Waals surface area contributed by atoms with Crippen molar-refractivity contribution in [1.82, 2.24) is 14.5 Å². The topological polar surface area (TPSA) is 79.0 Å². The minimum atomic E-state index is -3.31. The summed E-state index contributed by atoms with van der Waals surface area (Å²) in [6.07, 6.45) is 1.70. The van der Waals surface area contributed by atoms with Gasteiger partial charge in [-0.05, 0) is 26.7 Å². The molecule has 1 amide bonds. The van der Waals surface area contributed by atoms with Crippen LogP contribution in [0.4, 0.5) is 0 Å². The van der Waals surface area contributed by atoms with Crippen molar-refractivity contribution in [2.75, 3.05) is 45.1 Å². The Bertz CT molecular complexity index is 480. The minimum Gasteiger partial charge on any atom is -0.378 e. The van der Waals surface area contributed by atoms with Crippen LogP contribution in [0, 0.1) is 0 Å². The zero-order chi connectivity index (χ0) is 16.2. The van der Waals surface area contributed by atoms with E-state index in [9.17, 15) is 13.2 Å². The summed E-state index contributed by atoms with van der Waals surface area (Å²) in [6.45, 7) is 6.74. The maximum Gasteiger partial charge on any atom is 0.236 e. The average molecular weight is 333 g/mol. The molecule has 2 rings (SSSR count). The third-order valence-corrected chi connectivity index (χ3v) is 5.91. The lowest BCUT2D eigenvalue weighted by atomic mass is 10.1. The van der Waals surface area contributed by atoms with Crippen molar-refractivity contribution >= 4 is 15.9 Å². The van der Waals surface area contributed by atoms with E-state index in [0.29, 0.717) is 26.2 Å². The number of sulfonamides is 1. The fourth-order valence-corrected chi connectivity index (χ4v) is 4.32. The molecule has 22 heavy (non-hydrogen) atoms. The molecule has 0 aromatic rings. The summed E-state index contributed by atoms with van der Waals surface area (Å²) in [4.78, 5) is 13.8. The molecule has 0 aliphatic carbocycles. The van der Waals surface area contributed by atoms with Crippen molar-refractivity contribution in [2.24, 2.45) is 0 Å². The van der Waals surface area contributed by atoms with E-state index in [1.54, 1.807) is 0 Å². The van der Waals surface area contributed by atoms with Crippen LogP contribution in [0.1, 0.15) is 26.7 Å². The molecule has 1 atom stereocenters. The van der Waals surface area contributed by atoms with Gasteiger partial charge in [-0.15, -0.1) is 0 Å². The number of carbonyl (C=O) groups is 1. The fraction of sp³-hybridized carbons (Fsp3) is 0.929. The molecule has 0 radical (unpaired) electrons. The summed E-state index contributed by atoms with van der Waals surface area (Å²) in [5.41, 5.74) is 0. The van der Waals surface area contributed by atoms with Gasteiger partial charge in [-0.2, -0.15) is 4.31 Å². The fourth-order valence-electron chi connectivity index (χ4n) is 2.95. The number of piperidine rings is 1. The highest BCUT2D eigenvalue weighted by atomic mass is 32.2. The van der Waals surface area contributed by atoms with Gasteiger partial charge in [-0.25, -0.2) is 8.42 Å². The first-order chi connectivity index (χ1) is 10.4. The quantitative estimate of drug-likeness (QED) is 0.718. The summed E-state index contributed by atoms with van der Waals surface area (Å²) < 4.78 is 31.7. The summed E-state index contributed by atoms with van der Waals surface area (Å²) in [6, 6.07) is 0.00384. The van der Waals surface area contributed by atoms with E-state index in [2.05, 4.69) is 5.32 Å². The highest BCUT2D eigenvalue weighted by Crippen LogP contribution is 2.19. The van der Waals surface area contributed by atoms with Gasteiger partial charge < -0.3 is 15.0 Å². The van der Waals surface area contributed by atoms with Crippen molar-refractivity contribution < 1.29 is 17.9 Å². The van der Waals surface area contributed by atoms with Crippen LogP contribution in [0.5, 0.6) is 0 Å². The zero-order valence-electron chi connectivity index (χ0n) is 13.5. The highest BCUT2D eigenvalue weighted by Gasteiger charge is 2.34. The molecule has 2 heterocycles. The molecule has 128 valence electrons. The number of nitrogens with zero attached hydrogens (tertiary/aromatic N) is 2. The predicted molar refractivity (Wildman–Crippen MR) is 84.1 cm³/mol. The average Bonchev–Trinajstić information content (AvgIpc) is 2.47. The Morgan fingerprint density at radius 1 is 1.36 bits per heavy atom. The molecule has 0 saturated carbocycles. The van der Waals surface area contributed by atoms with E-state index in [4.69, 9.17) is 4.74 Å². The molecule has 0 aromatic heterocycles. The Balaban J connectivity index is 1.93. The Kier molecular flexibility index (Phi) is 6.19.